The van der Waals surface area contributed by atoms with Crippen molar-refractivity contribution in [2.75, 3.05) is 6.54 Å². The predicted octanol–water partition coefficient (Wildman–Crippen LogP) is 3.63. The number of nitrogens with one attached hydrogen (secondary N) is 1. The zero-order valence-electron chi connectivity index (χ0n) is 15.4. The standard InChI is InChI=1S/C22H21NO4S/c24-21-17-8-4-5-9-18(17)22(25)20-14-16(10-11-19(20)21)28(26,27)23-13-12-15-6-2-1-3-7-15/h4-6,8-11,14,23H,1-3,7,12-13H2. The maximum Gasteiger partial charge on any atom is 0.240 e. The first kappa shape index (κ1) is 18.8. The van der Waals surface area contributed by atoms with Gasteiger partial charge in [0.05, 0.1) is 4.90 Å². The van der Waals surface area contributed by atoms with Crippen molar-refractivity contribution in [3.63, 3.8) is 0 Å². The van der Waals surface area contributed by atoms with Crippen molar-refractivity contribution in [3.05, 3.63) is 76.4 Å². The van der Waals surface area contributed by atoms with Crippen LogP contribution in [-0.2, 0) is 10.0 Å². The average molecular weight is 395 g/mol. The van der Waals surface area contributed by atoms with Crippen molar-refractivity contribution in [1.29, 1.82) is 0 Å². The van der Waals surface area contributed by atoms with Crippen LogP contribution >= 0.6 is 0 Å². The van der Waals surface area contributed by atoms with Crippen LogP contribution in [0.4, 0.5) is 0 Å². The van der Waals surface area contributed by atoms with Crippen molar-refractivity contribution in [1.82, 2.24) is 4.72 Å². The minimum atomic E-state index is -3.75. The van der Waals surface area contributed by atoms with Gasteiger partial charge in [-0.05, 0) is 50.3 Å². The topological polar surface area (TPSA) is 80.3 Å². The van der Waals surface area contributed by atoms with E-state index < -0.39 is 10.0 Å². The summed E-state index contributed by atoms with van der Waals surface area (Å²) in [4.78, 5) is 25.4. The van der Waals surface area contributed by atoms with E-state index in [9.17, 15) is 18.0 Å². The molecule has 0 unspecified atom stereocenters. The first-order valence-electron chi connectivity index (χ1n) is 9.47. The fraction of sp³-hybridized carbons (Fsp3) is 0.273. The SMILES string of the molecule is O=C1c2ccccc2C(=O)c2cc(S(=O)(=O)NCCC3=CCCCC3)ccc21. The number of sulfonamides is 1. The lowest BCUT2D eigenvalue weighted by molar-refractivity contribution is 0.0979. The molecular formula is C22H21NO4S. The van der Waals surface area contributed by atoms with Gasteiger partial charge >= 0.3 is 0 Å². The molecule has 0 spiro atoms. The van der Waals surface area contributed by atoms with Gasteiger partial charge in [-0.3, -0.25) is 9.59 Å². The third-order valence-corrected chi connectivity index (χ3v) is 6.79. The fourth-order valence-corrected chi connectivity index (χ4v) is 4.86. The number of hydrogen-bond acceptors (Lipinski definition) is 4. The molecule has 0 bridgehead atoms. The summed E-state index contributed by atoms with van der Waals surface area (Å²) in [5.41, 5.74) is 2.34. The number of fused-ring (bicyclic) bond motifs is 2. The van der Waals surface area contributed by atoms with E-state index >= 15 is 0 Å². The molecule has 0 saturated carbocycles. The van der Waals surface area contributed by atoms with Crippen molar-refractivity contribution in [2.24, 2.45) is 0 Å². The highest BCUT2D eigenvalue weighted by Gasteiger charge is 2.30. The van der Waals surface area contributed by atoms with E-state index in [2.05, 4.69) is 10.8 Å². The fourth-order valence-electron chi connectivity index (χ4n) is 3.81. The second-order valence-electron chi connectivity index (χ2n) is 7.17. The lowest BCUT2D eigenvalue weighted by atomic mass is 9.84. The number of rotatable bonds is 5. The molecule has 0 atom stereocenters. The second kappa shape index (κ2) is 7.45. The Balaban J connectivity index is 1.57. The molecule has 0 aliphatic heterocycles. The highest BCUT2D eigenvalue weighted by atomic mass is 32.2. The molecule has 2 aromatic carbocycles. The van der Waals surface area contributed by atoms with E-state index in [1.54, 1.807) is 24.3 Å². The largest absolute Gasteiger partial charge is 0.289 e. The van der Waals surface area contributed by atoms with E-state index in [0.29, 0.717) is 24.1 Å². The molecule has 0 saturated heterocycles. The molecule has 6 heteroatoms. The molecular weight excluding hydrogens is 374 g/mol. The molecule has 4 rings (SSSR count). The molecule has 1 N–H and O–H groups in total. The summed E-state index contributed by atoms with van der Waals surface area (Å²) in [6, 6.07) is 10.7. The van der Waals surface area contributed by atoms with Gasteiger partial charge in [-0.25, -0.2) is 13.1 Å². The first-order valence-corrected chi connectivity index (χ1v) is 11.0. The number of carbonyl (C=O) groups is 2. The van der Waals surface area contributed by atoms with Gasteiger partial charge < -0.3 is 0 Å². The summed E-state index contributed by atoms with van der Waals surface area (Å²) < 4.78 is 27.9. The summed E-state index contributed by atoms with van der Waals surface area (Å²) in [6.07, 6.45) is 7.32. The van der Waals surface area contributed by atoms with Gasteiger partial charge in [0, 0.05) is 28.8 Å². The Morgan fingerprint density at radius 2 is 1.54 bits per heavy atom. The van der Waals surface area contributed by atoms with Crippen LogP contribution in [-0.4, -0.2) is 26.5 Å². The average Bonchev–Trinajstić information content (AvgIpc) is 2.72. The highest BCUT2D eigenvalue weighted by molar-refractivity contribution is 7.89. The Labute approximate surface area is 164 Å². The summed E-state index contributed by atoms with van der Waals surface area (Å²) >= 11 is 0. The number of carbonyl (C=O) groups excluding carboxylic acids is 2. The van der Waals surface area contributed by atoms with E-state index in [1.807, 2.05) is 0 Å². The minimum absolute atomic E-state index is 0.00408. The molecule has 28 heavy (non-hydrogen) atoms. The van der Waals surface area contributed by atoms with Crippen molar-refractivity contribution in [2.45, 2.75) is 37.0 Å². The Kier molecular flexibility index (Phi) is 5.00. The molecule has 0 heterocycles. The Morgan fingerprint density at radius 3 is 2.21 bits per heavy atom. The van der Waals surface area contributed by atoms with Gasteiger partial charge in [-0.15, -0.1) is 0 Å². The number of ketones is 2. The molecule has 2 aromatic rings. The molecule has 0 radical (unpaired) electrons. The van der Waals surface area contributed by atoms with Gasteiger partial charge in [-0.2, -0.15) is 0 Å². The zero-order chi connectivity index (χ0) is 19.7. The molecule has 0 fully saturated rings. The maximum atomic E-state index is 12.8. The van der Waals surface area contributed by atoms with Crippen LogP contribution in [0.15, 0.2) is 59.0 Å². The van der Waals surface area contributed by atoms with Crippen LogP contribution in [0.5, 0.6) is 0 Å². The highest BCUT2D eigenvalue weighted by Crippen LogP contribution is 2.29. The van der Waals surface area contributed by atoms with Crippen LogP contribution in [0.3, 0.4) is 0 Å². The summed E-state index contributed by atoms with van der Waals surface area (Å²) in [5, 5.41) is 0. The van der Waals surface area contributed by atoms with E-state index in [-0.39, 0.29) is 27.6 Å². The van der Waals surface area contributed by atoms with Crippen LogP contribution in [0.25, 0.3) is 0 Å². The van der Waals surface area contributed by atoms with E-state index in [4.69, 9.17) is 0 Å². The second-order valence-corrected chi connectivity index (χ2v) is 8.93. The molecule has 2 aliphatic rings. The summed E-state index contributed by atoms with van der Waals surface area (Å²) in [7, 11) is -3.75. The Morgan fingerprint density at radius 1 is 0.857 bits per heavy atom. The van der Waals surface area contributed by atoms with Crippen LogP contribution in [0, 0.1) is 0 Å². The molecule has 0 aromatic heterocycles. The van der Waals surface area contributed by atoms with Crippen molar-refractivity contribution < 1.29 is 18.0 Å². The van der Waals surface area contributed by atoms with E-state index in [1.165, 1.54) is 30.2 Å². The molecule has 5 nitrogen and oxygen atoms in total. The first-order chi connectivity index (χ1) is 13.5. The minimum Gasteiger partial charge on any atom is -0.289 e. The number of benzene rings is 2. The Bertz CT molecular complexity index is 1100. The zero-order valence-corrected chi connectivity index (χ0v) is 16.2. The molecule has 0 amide bonds. The van der Waals surface area contributed by atoms with Crippen molar-refractivity contribution in [3.8, 4) is 0 Å². The van der Waals surface area contributed by atoms with Crippen LogP contribution < -0.4 is 4.72 Å². The lowest BCUT2D eigenvalue weighted by Crippen LogP contribution is -2.27. The van der Waals surface area contributed by atoms with Gasteiger partial charge in [0.25, 0.3) is 0 Å². The normalized spacial score (nSPS) is 16.4. The summed E-state index contributed by atoms with van der Waals surface area (Å²) in [6.45, 7) is 0.320. The van der Waals surface area contributed by atoms with Gasteiger partial charge in [0.2, 0.25) is 10.0 Å². The van der Waals surface area contributed by atoms with E-state index in [0.717, 1.165) is 19.3 Å². The van der Waals surface area contributed by atoms with Crippen molar-refractivity contribution >= 4 is 21.6 Å². The Hall–Kier alpha value is -2.57. The van der Waals surface area contributed by atoms with Gasteiger partial charge in [0.15, 0.2) is 11.6 Å². The predicted molar refractivity (Wildman–Crippen MR) is 106 cm³/mol. The van der Waals surface area contributed by atoms with Gasteiger partial charge in [-0.1, -0.05) is 35.9 Å². The third-order valence-electron chi connectivity index (χ3n) is 5.33. The van der Waals surface area contributed by atoms with Crippen LogP contribution in [0.2, 0.25) is 0 Å². The molecule has 144 valence electrons. The van der Waals surface area contributed by atoms with Crippen LogP contribution in [0.1, 0.15) is 63.9 Å². The smallest absolute Gasteiger partial charge is 0.240 e. The number of hydrogen-bond donors (Lipinski definition) is 1. The monoisotopic (exact) mass is 395 g/mol. The molecule has 2 aliphatic carbocycles. The quantitative estimate of drug-likeness (QED) is 0.669. The third kappa shape index (κ3) is 3.45. The van der Waals surface area contributed by atoms with Gasteiger partial charge in [0.1, 0.15) is 0 Å². The number of allylic oxidation sites excluding steroid dienone is 1. The maximum absolute atomic E-state index is 12.8. The lowest BCUT2D eigenvalue weighted by Gasteiger charge is -2.18. The summed E-state index contributed by atoms with van der Waals surface area (Å²) in [5.74, 6) is -0.582.